The van der Waals surface area contributed by atoms with Crippen molar-refractivity contribution in [3.63, 3.8) is 0 Å². The van der Waals surface area contributed by atoms with Gasteiger partial charge in [-0.25, -0.2) is 4.98 Å². The van der Waals surface area contributed by atoms with Crippen molar-refractivity contribution < 1.29 is 14.3 Å². The molecule has 0 aliphatic carbocycles. The lowest BCUT2D eigenvalue weighted by molar-refractivity contribution is 0.102. The van der Waals surface area contributed by atoms with Gasteiger partial charge in [0.15, 0.2) is 5.13 Å². The number of aryl methyl sites for hydroxylation is 1. The fourth-order valence-electron chi connectivity index (χ4n) is 3.25. The summed E-state index contributed by atoms with van der Waals surface area (Å²) in [6, 6.07) is 11.7. The van der Waals surface area contributed by atoms with Gasteiger partial charge in [-0.3, -0.25) is 10.1 Å². The Balaban J connectivity index is 1.57. The van der Waals surface area contributed by atoms with E-state index in [4.69, 9.17) is 9.47 Å². The van der Waals surface area contributed by atoms with Crippen molar-refractivity contribution in [1.82, 2.24) is 4.98 Å². The van der Waals surface area contributed by atoms with E-state index in [9.17, 15) is 4.79 Å². The van der Waals surface area contributed by atoms with Crippen LogP contribution in [0.1, 0.15) is 15.9 Å². The summed E-state index contributed by atoms with van der Waals surface area (Å²) in [5, 5.41) is 3.48. The van der Waals surface area contributed by atoms with Gasteiger partial charge >= 0.3 is 0 Å². The molecule has 27 heavy (non-hydrogen) atoms. The molecule has 1 amide bonds. The Morgan fingerprint density at radius 1 is 1.26 bits per heavy atom. The van der Waals surface area contributed by atoms with Gasteiger partial charge in [-0.1, -0.05) is 23.5 Å². The summed E-state index contributed by atoms with van der Waals surface area (Å²) in [5.41, 5.74) is 3.46. The minimum Gasteiger partial charge on any atom is -0.496 e. The van der Waals surface area contributed by atoms with Crippen LogP contribution < -0.4 is 15.0 Å². The molecule has 2 heterocycles. The van der Waals surface area contributed by atoms with Crippen LogP contribution in [0, 0.1) is 6.92 Å². The highest BCUT2D eigenvalue weighted by Gasteiger charge is 2.17. The van der Waals surface area contributed by atoms with Crippen LogP contribution in [0.2, 0.25) is 0 Å². The number of aromatic nitrogens is 1. The lowest BCUT2D eigenvalue weighted by Gasteiger charge is -2.28. The molecule has 1 aromatic heterocycles. The quantitative estimate of drug-likeness (QED) is 0.744. The monoisotopic (exact) mass is 383 g/mol. The number of hydrogen-bond acceptors (Lipinski definition) is 6. The standard InChI is InChI=1S/C20H21N3O3S/c1-13-4-3-5-15(18(13)25-2)19(24)22-20-21-16-7-6-14(12-17(16)27-20)23-8-10-26-11-9-23/h3-7,12H,8-11H2,1-2H3,(H,21,22,24). The fraction of sp³-hybridized carbons (Fsp3) is 0.300. The molecular formula is C20H21N3O3S. The lowest BCUT2D eigenvalue weighted by atomic mass is 10.1. The number of nitrogens with zero attached hydrogens (tertiary/aromatic N) is 2. The summed E-state index contributed by atoms with van der Waals surface area (Å²) >= 11 is 1.47. The Morgan fingerprint density at radius 2 is 2.07 bits per heavy atom. The number of anilines is 2. The van der Waals surface area contributed by atoms with Crippen molar-refractivity contribution in [2.75, 3.05) is 43.6 Å². The Morgan fingerprint density at radius 3 is 2.85 bits per heavy atom. The van der Waals surface area contributed by atoms with E-state index in [1.165, 1.54) is 11.3 Å². The van der Waals surface area contributed by atoms with Gasteiger partial charge in [-0.2, -0.15) is 0 Å². The molecule has 1 N–H and O–H groups in total. The van der Waals surface area contributed by atoms with Crippen LogP contribution in [0.25, 0.3) is 10.2 Å². The molecule has 0 saturated carbocycles. The first-order valence-electron chi connectivity index (χ1n) is 8.84. The average Bonchev–Trinajstić information content (AvgIpc) is 3.09. The highest BCUT2D eigenvalue weighted by atomic mass is 32.1. The van der Waals surface area contributed by atoms with Crippen LogP contribution in [0.4, 0.5) is 10.8 Å². The van der Waals surface area contributed by atoms with E-state index < -0.39 is 0 Å². The molecule has 1 fully saturated rings. The van der Waals surface area contributed by atoms with Crippen LogP contribution >= 0.6 is 11.3 Å². The molecule has 3 aromatic rings. The average molecular weight is 383 g/mol. The first-order valence-corrected chi connectivity index (χ1v) is 9.65. The fourth-order valence-corrected chi connectivity index (χ4v) is 4.15. The van der Waals surface area contributed by atoms with Gasteiger partial charge in [0, 0.05) is 18.8 Å². The normalized spacial score (nSPS) is 14.4. The number of carbonyl (C=O) groups is 1. The minimum atomic E-state index is -0.219. The third-order valence-electron chi connectivity index (χ3n) is 4.63. The first kappa shape index (κ1) is 17.8. The molecule has 0 unspecified atom stereocenters. The van der Waals surface area contributed by atoms with Crippen molar-refractivity contribution in [2.24, 2.45) is 0 Å². The third-order valence-corrected chi connectivity index (χ3v) is 5.56. The maximum atomic E-state index is 12.7. The highest BCUT2D eigenvalue weighted by molar-refractivity contribution is 7.22. The molecule has 0 radical (unpaired) electrons. The molecule has 1 aliphatic heterocycles. The Bertz CT molecular complexity index is 980. The maximum absolute atomic E-state index is 12.7. The summed E-state index contributed by atoms with van der Waals surface area (Å²) in [7, 11) is 1.57. The molecule has 0 bridgehead atoms. The van der Waals surface area contributed by atoms with E-state index in [2.05, 4.69) is 27.3 Å². The molecule has 7 heteroatoms. The van der Waals surface area contributed by atoms with Crippen molar-refractivity contribution in [1.29, 1.82) is 0 Å². The molecule has 0 spiro atoms. The molecule has 4 rings (SSSR count). The Labute approximate surface area is 161 Å². The van der Waals surface area contributed by atoms with Crippen LogP contribution in [0.15, 0.2) is 36.4 Å². The lowest BCUT2D eigenvalue weighted by Crippen LogP contribution is -2.36. The first-order chi connectivity index (χ1) is 13.2. The summed E-state index contributed by atoms with van der Waals surface area (Å²) < 4.78 is 11.8. The summed E-state index contributed by atoms with van der Waals surface area (Å²) in [4.78, 5) is 19.5. The maximum Gasteiger partial charge on any atom is 0.261 e. The second-order valence-electron chi connectivity index (χ2n) is 6.38. The smallest absolute Gasteiger partial charge is 0.261 e. The Kier molecular flexibility index (Phi) is 4.96. The summed E-state index contributed by atoms with van der Waals surface area (Å²) in [5.74, 6) is 0.369. The number of morpholine rings is 1. The zero-order valence-corrected chi connectivity index (χ0v) is 16.1. The van der Waals surface area contributed by atoms with E-state index in [1.54, 1.807) is 13.2 Å². The number of nitrogens with one attached hydrogen (secondary N) is 1. The van der Waals surface area contributed by atoms with Gasteiger partial charge < -0.3 is 14.4 Å². The largest absolute Gasteiger partial charge is 0.496 e. The number of benzene rings is 2. The number of para-hydroxylation sites is 1. The summed E-state index contributed by atoms with van der Waals surface area (Å²) in [6.07, 6.45) is 0. The van der Waals surface area contributed by atoms with Crippen molar-refractivity contribution in [3.05, 3.63) is 47.5 Å². The van der Waals surface area contributed by atoms with Gasteiger partial charge in [-0.15, -0.1) is 0 Å². The van der Waals surface area contributed by atoms with Crippen molar-refractivity contribution >= 4 is 38.3 Å². The van der Waals surface area contributed by atoms with Crippen LogP contribution in [0.3, 0.4) is 0 Å². The van der Waals surface area contributed by atoms with Gasteiger partial charge in [0.2, 0.25) is 0 Å². The number of carbonyl (C=O) groups excluding carboxylic acids is 1. The minimum absolute atomic E-state index is 0.219. The molecular weight excluding hydrogens is 362 g/mol. The predicted octanol–water partition coefficient (Wildman–Crippen LogP) is 3.70. The third kappa shape index (κ3) is 3.61. The van der Waals surface area contributed by atoms with Gasteiger partial charge in [0.25, 0.3) is 5.91 Å². The van der Waals surface area contributed by atoms with Crippen molar-refractivity contribution in [2.45, 2.75) is 6.92 Å². The number of rotatable bonds is 4. The number of hydrogen-bond donors (Lipinski definition) is 1. The van der Waals surface area contributed by atoms with E-state index in [-0.39, 0.29) is 5.91 Å². The van der Waals surface area contributed by atoms with E-state index in [0.717, 1.165) is 47.8 Å². The van der Waals surface area contributed by atoms with Gasteiger partial charge in [0.1, 0.15) is 5.75 Å². The van der Waals surface area contributed by atoms with E-state index in [1.807, 2.05) is 25.1 Å². The van der Waals surface area contributed by atoms with Gasteiger partial charge in [-0.05, 0) is 36.8 Å². The van der Waals surface area contributed by atoms with E-state index >= 15 is 0 Å². The summed E-state index contributed by atoms with van der Waals surface area (Å²) in [6.45, 7) is 5.20. The van der Waals surface area contributed by atoms with Crippen LogP contribution in [0.5, 0.6) is 5.75 Å². The highest BCUT2D eigenvalue weighted by Crippen LogP contribution is 2.31. The molecule has 1 aliphatic rings. The van der Waals surface area contributed by atoms with Gasteiger partial charge in [0.05, 0.1) is 36.1 Å². The van der Waals surface area contributed by atoms with E-state index in [0.29, 0.717) is 16.4 Å². The second-order valence-corrected chi connectivity index (χ2v) is 7.41. The number of thiazole rings is 1. The molecule has 0 atom stereocenters. The Hall–Kier alpha value is -2.64. The molecule has 6 nitrogen and oxygen atoms in total. The van der Waals surface area contributed by atoms with Crippen LogP contribution in [-0.2, 0) is 4.74 Å². The van der Waals surface area contributed by atoms with Crippen LogP contribution in [-0.4, -0.2) is 44.3 Å². The van der Waals surface area contributed by atoms with Crippen molar-refractivity contribution in [3.8, 4) is 5.75 Å². The predicted molar refractivity (Wildman–Crippen MR) is 108 cm³/mol. The SMILES string of the molecule is COc1c(C)cccc1C(=O)Nc1nc2ccc(N3CCOCC3)cc2s1. The topological polar surface area (TPSA) is 63.7 Å². The number of ether oxygens (including phenoxy) is 2. The zero-order chi connectivity index (χ0) is 18.8. The number of methoxy groups -OCH3 is 1. The second kappa shape index (κ2) is 7.54. The molecule has 2 aromatic carbocycles. The molecule has 140 valence electrons. The molecule has 1 saturated heterocycles. The number of fused-ring (bicyclic) bond motifs is 1. The zero-order valence-electron chi connectivity index (χ0n) is 15.3. The number of amides is 1.